The van der Waals surface area contributed by atoms with Crippen LogP contribution >= 0.6 is 15.9 Å². The van der Waals surface area contributed by atoms with Crippen LogP contribution in [0.3, 0.4) is 0 Å². The average Bonchev–Trinajstić information content (AvgIpc) is 3.02. The maximum Gasteiger partial charge on any atom is 0.157 e. The molecule has 0 aliphatic heterocycles. The van der Waals surface area contributed by atoms with E-state index in [9.17, 15) is 0 Å². The van der Waals surface area contributed by atoms with Crippen LogP contribution in [-0.2, 0) is 0 Å². The van der Waals surface area contributed by atoms with Crippen LogP contribution in [0, 0.1) is 13.8 Å². The maximum absolute atomic E-state index is 5.28. The standard InChI is InChI=1S/C21H19BrN4O/c1-13-5-4-6-14(2)19(13)25-21-20(15-7-9-16(27-3)10-8-15)24-18-11-23-17(22)12-26(18)21/h4-12,25H,1-3H3. The maximum atomic E-state index is 5.28. The number of benzene rings is 2. The largest absolute Gasteiger partial charge is 0.497 e. The van der Waals surface area contributed by atoms with E-state index in [2.05, 4.69) is 58.3 Å². The fourth-order valence-electron chi connectivity index (χ4n) is 3.13. The summed E-state index contributed by atoms with van der Waals surface area (Å²) < 4.78 is 8.04. The van der Waals surface area contributed by atoms with E-state index in [1.807, 2.05) is 34.9 Å². The fraction of sp³-hybridized carbons (Fsp3) is 0.143. The van der Waals surface area contributed by atoms with Gasteiger partial charge in [0.2, 0.25) is 0 Å². The van der Waals surface area contributed by atoms with Crippen molar-refractivity contribution in [1.29, 1.82) is 0 Å². The number of methoxy groups -OCH3 is 1. The second-order valence-electron chi connectivity index (χ2n) is 6.37. The number of imidazole rings is 1. The minimum Gasteiger partial charge on any atom is -0.497 e. The molecular weight excluding hydrogens is 404 g/mol. The minimum atomic E-state index is 0.748. The third-order valence-corrected chi connectivity index (χ3v) is 4.97. The number of anilines is 2. The summed E-state index contributed by atoms with van der Waals surface area (Å²) in [5, 5.41) is 3.61. The number of hydrogen-bond donors (Lipinski definition) is 1. The number of aryl methyl sites for hydroxylation is 2. The molecule has 0 fully saturated rings. The molecule has 0 amide bonds. The molecule has 0 saturated carbocycles. The highest BCUT2D eigenvalue weighted by Crippen LogP contribution is 2.34. The van der Waals surface area contributed by atoms with Crippen LogP contribution in [0.4, 0.5) is 11.5 Å². The monoisotopic (exact) mass is 422 g/mol. The zero-order valence-electron chi connectivity index (χ0n) is 15.3. The van der Waals surface area contributed by atoms with E-state index in [1.165, 1.54) is 11.1 Å². The predicted molar refractivity (Wildman–Crippen MR) is 112 cm³/mol. The molecule has 6 heteroatoms. The van der Waals surface area contributed by atoms with Crippen molar-refractivity contribution in [3.05, 3.63) is 70.6 Å². The number of aromatic nitrogens is 3. The van der Waals surface area contributed by atoms with Gasteiger partial charge in [-0.2, -0.15) is 0 Å². The summed E-state index contributed by atoms with van der Waals surface area (Å²) in [6.07, 6.45) is 3.68. The van der Waals surface area contributed by atoms with E-state index in [4.69, 9.17) is 9.72 Å². The highest BCUT2D eigenvalue weighted by atomic mass is 79.9. The molecular formula is C21H19BrN4O. The molecule has 0 saturated heterocycles. The van der Waals surface area contributed by atoms with Gasteiger partial charge in [-0.1, -0.05) is 18.2 Å². The van der Waals surface area contributed by atoms with Crippen molar-refractivity contribution in [1.82, 2.24) is 14.4 Å². The number of fused-ring (bicyclic) bond motifs is 1. The second-order valence-corrected chi connectivity index (χ2v) is 7.18. The van der Waals surface area contributed by atoms with Gasteiger partial charge >= 0.3 is 0 Å². The van der Waals surface area contributed by atoms with Crippen molar-refractivity contribution in [3.63, 3.8) is 0 Å². The molecule has 0 bridgehead atoms. The van der Waals surface area contributed by atoms with E-state index in [-0.39, 0.29) is 0 Å². The molecule has 4 rings (SSSR count). The molecule has 27 heavy (non-hydrogen) atoms. The summed E-state index contributed by atoms with van der Waals surface area (Å²) in [5.41, 5.74) is 6.09. The Morgan fingerprint density at radius 2 is 1.74 bits per heavy atom. The molecule has 1 N–H and O–H groups in total. The summed E-state index contributed by atoms with van der Waals surface area (Å²) in [5.74, 6) is 1.71. The first-order valence-electron chi connectivity index (χ1n) is 8.58. The van der Waals surface area contributed by atoms with Crippen LogP contribution in [0.15, 0.2) is 59.5 Å². The van der Waals surface area contributed by atoms with Crippen LogP contribution < -0.4 is 10.1 Å². The summed E-state index contributed by atoms with van der Waals surface area (Å²) in [4.78, 5) is 9.12. The molecule has 5 nitrogen and oxygen atoms in total. The van der Waals surface area contributed by atoms with Gasteiger partial charge in [-0.3, -0.25) is 4.40 Å². The van der Waals surface area contributed by atoms with Gasteiger partial charge in [-0.05, 0) is 65.2 Å². The first-order chi connectivity index (χ1) is 13.1. The molecule has 136 valence electrons. The van der Waals surface area contributed by atoms with Crippen molar-refractivity contribution in [2.45, 2.75) is 13.8 Å². The Kier molecular flexibility index (Phi) is 4.58. The van der Waals surface area contributed by atoms with Gasteiger partial charge in [-0.25, -0.2) is 9.97 Å². The first-order valence-corrected chi connectivity index (χ1v) is 9.37. The zero-order valence-corrected chi connectivity index (χ0v) is 16.9. The molecule has 0 atom stereocenters. The lowest BCUT2D eigenvalue weighted by Crippen LogP contribution is -2.01. The molecule has 0 aliphatic carbocycles. The van der Waals surface area contributed by atoms with E-state index in [1.54, 1.807) is 13.3 Å². The number of halogens is 1. The van der Waals surface area contributed by atoms with Gasteiger partial charge in [0.25, 0.3) is 0 Å². The first kappa shape index (κ1) is 17.5. The molecule has 0 unspecified atom stereocenters. The van der Waals surface area contributed by atoms with Crippen molar-refractivity contribution < 1.29 is 4.74 Å². The Morgan fingerprint density at radius 1 is 1.04 bits per heavy atom. The second kappa shape index (κ2) is 7.04. The predicted octanol–water partition coefficient (Wildman–Crippen LogP) is 5.53. The van der Waals surface area contributed by atoms with E-state index >= 15 is 0 Å². The van der Waals surface area contributed by atoms with Crippen LogP contribution in [0.25, 0.3) is 16.9 Å². The van der Waals surface area contributed by atoms with Crippen LogP contribution in [0.5, 0.6) is 5.75 Å². The van der Waals surface area contributed by atoms with Crippen LogP contribution in [0.1, 0.15) is 11.1 Å². The lowest BCUT2D eigenvalue weighted by Gasteiger charge is -2.14. The lowest BCUT2D eigenvalue weighted by atomic mass is 10.1. The molecule has 0 spiro atoms. The highest BCUT2D eigenvalue weighted by molar-refractivity contribution is 9.10. The number of nitrogens with one attached hydrogen (secondary N) is 1. The Bertz CT molecular complexity index is 1100. The third kappa shape index (κ3) is 3.28. The van der Waals surface area contributed by atoms with Gasteiger partial charge in [0, 0.05) is 17.4 Å². The Balaban J connectivity index is 1.92. The Labute approximate surface area is 166 Å². The quantitative estimate of drug-likeness (QED) is 0.469. The SMILES string of the molecule is COc1ccc(-c2nc3cnc(Br)cn3c2Nc2c(C)cccc2C)cc1. The van der Waals surface area contributed by atoms with E-state index in [0.717, 1.165) is 38.8 Å². The lowest BCUT2D eigenvalue weighted by molar-refractivity contribution is 0.415. The van der Waals surface area contributed by atoms with Gasteiger partial charge < -0.3 is 10.1 Å². The third-order valence-electron chi connectivity index (χ3n) is 4.57. The van der Waals surface area contributed by atoms with Crippen molar-refractivity contribution in [2.75, 3.05) is 12.4 Å². The zero-order chi connectivity index (χ0) is 19.0. The smallest absolute Gasteiger partial charge is 0.157 e. The number of hydrogen-bond acceptors (Lipinski definition) is 4. The summed E-state index contributed by atoms with van der Waals surface area (Å²) in [6, 6.07) is 14.2. The topological polar surface area (TPSA) is 51.5 Å². The van der Waals surface area contributed by atoms with Gasteiger partial charge in [0.05, 0.1) is 13.3 Å². The van der Waals surface area contributed by atoms with Crippen molar-refractivity contribution in [3.8, 4) is 17.0 Å². The number of para-hydroxylation sites is 1. The van der Waals surface area contributed by atoms with Gasteiger partial charge in [0.1, 0.15) is 21.9 Å². The summed E-state index contributed by atoms with van der Waals surface area (Å²) >= 11 is 3.46. The number of ether oxygens (including phenoxy) is 1. The number of rotatable bonds is 4. The highest BCUT2D eigenvalue weighted by Gasteiger charge is 2.16. The van der Waals surface area contributed by atoms with E-state index < -0.39 is 0 Å². The van der Waals surface area contributed by atoms with Gasteiger partial charge in [0.15, 0.2) is 5.65 Å². The minimum absolute atomic E-state index is 0.748. The molecule has 2 heterocycles. The fourth-order valence-corrected chi connectivity index (χ4v) is 3.44. The molecule has 0 radical (unpaired) electrons. The molecule has 0 aliphatic rings. The average molecular weight is 423 g/mol. The Hall–Kier alpha value is -2.86. The van der Waals surface area contributed by atoms with Crippen LogP contribution in [-0.4, -0.2) is 21.5 Å². The normalized spacial score (nSPS) is 11.0. The molecule has 4 aromatic rings. The molecule has 2 aromatic carbocycles. The van der Waals surface area contributed by atoms with E-state index in [0.29, 0.717) is 0 Å². The van der Waals surface area contributed by atoms with Crippen LogP contribution in [0.2, 0.25) is 0 Å². The summed E-state index contributed by atoms with van der Waals surface area (Å²) in [6.45, 7) is 4.20. The van der Waals surface area contributed by atoms with Crippen molar-refractivity contribution >= 4 is 33.1 Å². The molecule has 2 aromatic heterocycles. The Morgan fingerprint density at radius 3 is 2.41 bits per heavy atom. The number of nitrogens with zero attached hydrogens (tertiary/aromatic N) is 3. The summed E-state index contributed by atoms with van der Waals surface area (Å²) in [7, 11) is 1.66. The van der Waals surface area contributed by atoms with Gasteiger partial charge in [-0.15, -0.1) is 0 Å². The van der Waals surface area contributed by atoms with Crippen molar-refractivity contribution in [2.24, 2.45) is 0 Å².